The van der Waals surface area contributed by atoms with Gasteiger partial charge in [0.15, 0.2) is 0 Å². The summed E-state index contributed by atoms with van der Waals surface area (Å²) in [5.41, 5.74) is 8.39. The average Bonchev–Trinajstić information content (AvgIpc) is 2.61. The zero-order chi connectivity index (χ0) is 20.2. The van der Waals surface area contributed by atoms with Gasteiger partial charge in [-0.15, -0.1) is 0 Å². The summed E-state index contributed by atoms with van der Waals surface area (Å²) in [6.07, 6.45) is 4.16. The average molecular weight is 386 g/mol. The Morgan fingerprint density at radius 2 is 1.81 bits per heavy atom. The van der Waals surface area contributed by atoms with Crippen molar-refractivity contribution in [3.05, 3.63) is 58.5 Å². The summed E-state index contributed by atoms with van der Waals surface area (Å²) < 4.78 is 27.7. The Bertz CT molecular complexity index is 1170. The first-order chi connectivity index (χ1) is 12.7. The number of nitrogen functional groups attached to an aromatic ring is 1. The van der Waals surface area contributed by atoms with Gasteiger partial charge in [0.1, 0.15) is 17.5 Å². The van der Waals surface area contributed by atoms with Crippen molar-refractivity contribution in [2.24, 2.45) is 0 Å². The maximum atomic E-state index is 12.4. The monoisotopic (exact) mass is 386 g/mol. The highest BCUT2D eigenvalue weighted by atomic mass is 32.2. The lowest BCUT2D eigenvalue weighted by Crippen LogP contribution is -2.18. The number of nitrogens with two attached hydrogens (primary N) is 1. The minimum Gasteiger partial charge on any atom is -0.384 e. The number of fused-ring (bicyclic) bond motifs is 1. The highest BCUT2D eigenvalue weighted by molar-refractivity contribution is 7.85. The second-order valence-electron chi connectivity index (χ2n) is 5.65. The summed E-state index contributed by atoms with van der Waals surface area (Å²) in [5.74, 6) is 0.217. The molecule has 0 amide bonds. The molecule has 0 aliphatic rings. The highest BCUT2D eigenvalue weighted by Crippen LogP contribution is 2.25. The molecule has 0 radical (unpaired) electrons. The van der Waals surface area contributed by atoms with Crippen LogP contribution in [0.15, 0.2) is 47.5 Å². The van der Waals surface area contributed by atoms with Gasteiger partial charge in [0.05, 0.1) is 11.8 Å². The Morgan fingerprint density at radius 1 is 1.22 bits per heavy atom. The Kier molecular flexibility index (Phi) is 5.95. The predicted molar refractivity (Wildman–Crippen MR) is 104 cm³/mol. The van der Waals surface area contributed by atoms with Gasteiger partial charge in [-0.25, -0.2) is 0 Å². The van der Waals surface area contributed by atoms with Gasteiger partial charge in [0.25, 0.3) is 10.1 Å². The van der Waals surface area contributed by atoms with E-state index in [1.807, 2.05) is 37.3 Å². The first-order valence-corrected chi connectivity index (χ1v) is 9.71. The lowest BCUT2D eigenvalue weighted by atomic mass is 10.0. The Hall–Kier alpha value is -3.22. The smallest absolute Gasteiger partial charge is 0.261 e. The number of pyridine rings is 2. The molecule has 0 spiro atoms. The third kappa shape index (κ3) is 4.69. The van der Waals surface area contributed by atoms with Crippen molar-refractivity contribution in [2.75, 3.05) is 12.0 Å². The topological polar surface area (TPSA) is 139 Å². The van der Waals surface area contributed by atoms with Crippen molar-refractivity contribution in [1.82, 2.24) is 9.55 Å². The van der Waals surface area contributed by atoms with Gasteiger partial charge in [-0.3, -0.25) is 14.3 Å². The van der Waals surface area contributed by atoms with Gasteiger partial charge in [-0.2, -0.15) is 13.7 Å². The molecule has 0 fully saturated rings. The SMILES string of the molecule is CCn1c(N)c(C#N)c(=O)c2ccc(-c3ccncc3)cc21.CS(=O)(=O)O. The van der Waals surface area contributed by atoms with Crippen LogP contribution in [0.3, 0.4) is 0 Å². The molecule has 2 heterocycles. The predicted octanol–water partition coefficient (Wildman–Crippen LogP) is 2.04. The summed E-state index contributed by atoms with van der Waals surface area (Å²) in [6.45, 7) is 2.51. The molecule has 0 bridgehead atoms. The van der Waals surface area contributed by atoms with Crippen molar-refractivity contribution in [2.45, 2.75) is 13.5 Å². The van der Waals surface area contributed by atoms with Gasteiger partial charge in [-0.1, -0.05) is 6.07 Å². The number of hydrogen-bond acceptors (Lipinski definition) is 6. The Morgan fingerprint density at radius 3 is 2.33 bits per heavy atom. The van der Waals surface area contributed by atoms with Crippen molar-refractivity contribution in [3.63, 3.8) is 0 Å². The molecule has 0 saturated carbocycles. The molecule has 3 N–H and O–H groups in total. The number of anilines is 1. The Balaban J connectivity index is 0.000000465. The molecule has 3 rings (SSSR count). The second kappa shape index (κ2) is 7.99. The third-order valence-electron chi connectivity index (χ3n) is 3.75. The molecule has 9 heteroatoms. The lowest BCUT2D eigenvalue weighted by molar-refractivity contribution is 0.490. The summed E-state index contributed by atoms with van der Waals surface area (Å²) in [4.78, 5) is 16.4. The number of nitrogens with zero attached hydrogens (tertiary/aromatic N) is 3. The van der Waals surface area contributed by atoms with E-state index in [0.717, 1.165) is 16.6 Å². The molecule has 2 aromatic heterocycles. The highest BCUT2D eigenvalue weighted by Gasteiger charge is 2.14. The number of hydrogen-bond donors (Lipinski definition) is 2. The minimum atomic E-state index is -3.67. The lowest BCUT2D eigenvalue weighted by Gasteiger charge is -2.14. The second-order valence-corrected chi connectivity index (χ2v) is 7.11. The van der Waals surface area contributed by atoms with Crippen LogP contribution in [0.25, 0.3) is 22.0 Å². The van der Waals surface area contributed by atoms with Crippen LogP contribution in [0.4, 0.5) is 5.82 Å². The van der Waals surface area contributed by atoms with Gasteiger partial charge in [0.2, 0.25) is 5.43 Å². The quantitative estimate of drug-likeness (QED) is 0.642. The number of nitriles is 1. The van der Waals surface area contributed by atoms with E-state index in [9.17, 15) is 13.2 Å². The zero-order valence-corrected chi connectivity index (χ0v) is 15.6. The van der Waals surface area contributed by atoms with E-state index in [2.05, 4.69) is 4.98 Å². The van der Waals surface area contributed by atoms with E-state index < -0.39 is 10.1 Å². The zero-order valence-electron chi connectivity index (χ0n) is 14.7. The van der Waals surface area contributed by atoms with Crippen LogP contribution in [-0.4, -0.2) is 28.8 Å². The molecule has 27 heavy (non-hydrogen) atoms. The number of rotatable bonds is 2. The number of aryl methyl sites for hydroxylation is 1. The van der Waals surface area contributed by atoms with Crippen LogP contribution >= 0.6 is 0 Å². The fourth-order valence-corrected chi connectivity index (χ4v) is 2.64. The van der Waals surface area contributed by atoms with Crippen molar-refractivity contribution >= 4 is 26.8 Å². The van der Waals surface area contributed by atoms with Gasteiger partial charge in [-0.05, 0) is 42.3 Å². The van der Waals surface area contributed by atoms with Gasteiger partial charge < -0.3 is 10.3 Å². The van der Waals surface area contributed by atoms with Crippen LogP contribution < -0.4 is 11.2 Å². The van der Waals surface area contributed by atoms with E-state index in [4.69, 9.17) is 15.5 Å². The molecule has 0 atom stereocenters. The van der Waals surface area contributed by atoms with E-state index in [-0.39, 0.29) is 16.8 Å². The standard InChI is InChI=1S/C17H14N4O.CH4O3S/c1-2-21-15-9-12(11-5-7-20-8-6-11)3-4-13(15)16(22)14(10-18)17(21)19;1-5(2,3)4/h3-9H,2,19H2,1H3;1H3,(H,2,3,4). The molecular formula is C18H18N4O4S. The molecule has 0 unspecified atom stereocenters. The normalized spacial score (nSPS) is 10.7. The molecule has 0 saturated heterocycles. The van der Waals surface area contributed by atoms with E-state index >= 15 is 0 Å². The van der Waals surface area contributed by atoms with Crippen molar-refractivity contribution in [3.8, 4) is 17.2 Å². The van der Waals surface area contributed by atoms with Crippen LogP contribution in [0.5, 0.6) is 0 Å². The molecule has 140 valence electrons. The van der Waals surface area contributed by atoms with Crippen LogP contribution in [-0.2, 0) is 16.7 Å². The van der Waals surface area contributed by atoms with Crippen molar-refractivity contribution < 1.29 is 13.0 Å². The first-order valence-electron chi connectivity index (χ1n) is 7.86. The van der Waals surface area contributed by atoms with E-state index in [1.54, 1.807) is 23.0 Å². The minimum absolute atomic E-state index is 0.00557. The maximum Gasteiger partial charge on any atom is 0.261 e. The summed E-state index contributed by atoms with van der Waals surface area (Å²) in [7, 11) is -3.67. The Labute approximate surface area is 156 Å². The van der Waals surface area contributed by atoms with Crippen molar-refractivity contribution in [1.29, 1.82) is 5.26 Å². The van der Waals surface area contributed by atoms with Crippen LogP contribution in [0.2, 0.25) is 0 Å². The summed E-state index contributed by atoms with van der Waals surface area (Å²) in [6, 6.07) is 11.3. The van der Waals surface area contributed by atoms with Crippen LogP contribution in [0, 0.1) is 11.3 Å². The van der Waals surface area contributed by atoms with E-state index in [0.29, 0.717) is 18.2 Å². The van der Waals surface area contributed by atoms with Gasteiger partial charge >= 0.3 is 0 Å². The third-order valence-corrected chi connectivity index (χ3v) is 3.75. The largest absolute Gasteiger partial charge is 0.384 e. The number of benzene rings is 1. The molecule has 0 aliphatic carbocycles. The molecule has 0 aliphatic heterocycles. The van der Waals surface area contributed by atoms with Gasteiger partial charge in [0, 0.05) is 24.3 Å². The number of aromatic nitrogens is 2. The molecule has 8 nitrogen and oxygen atoms in total. The fraction of sp³-hybridized carbons (Fsp3) is 0.167. The maximum absolute atomic E-state index is 12.4. The summed E-state index contributed by atoms with van der Waals surface area (Å²) in [5, 5.41) is 9.67. The molecule has 3 aromatic rings. The fourth-order valence-electron chi connectivity index (χ4n) is 2.64. The molecule has 1 aromatic carbocycles. The van der Waals surface area contributed by atoms with Crippen LogP contribution in [0.1, 0.15) is 12.5 Å². The summed E-state index contributed by atoms with van der Waals surface area (Å²) >= 11 is 0. The van der Waals surface area contributed by atoms with E-state index in [1.165, 1.54) is 0 Å². The molecular weight excluding hydrogens is 368 g/mol. The first kappa shape index (κ1) is 20.1.